The van der Waals surface area contributed by atoms with Crippen molar-refractivity contribution in [1.82, 2.24) is 10.2 Å². The molecule has 2 aliphatic heterocycles. The van der Waals surface area contributed by atoms with E-state index in [-0.39, 0.29) is 47.9 Å². The van der Waals surface area contributed by atoms with Gasteiger partial charge in [0, 0.05) is 24.5 Å². The molecule has 188 valence electrons. The number of carbonyl (C=O) groups is 1. The van der Waals surface area contributed by atoms with Gasteiger partial charge in [0.1, 0.15) is 0 Å². The molecule has 0 radical (unpaired) electrons. The summed E-state index contributed by atoms with van der Waals surface area (Å²) in [6, 6.07) is 7.43. The standard InChI is InChI=1S/C26H32N2O7/c1-5-28(6-2)12-27-24-16-10-19-18(34-13-35-19)9-15(16)22(23-17(24)11-33-26(23)30)14-7-20(31-3)25(29)21(8-14)32-4/h7-10,17,22-24,27,29H,5-6,11-13H2,1-4H3. The van der Waals surface area contributed by atoms with Gasteiger partial charge >= 0.3 is 5.97 Å². The van der Waals surface area contributed by atoms with E-state index in [0.29, 0.717) is 24.8 Å². The number of phenols is 1. The molecule has 9 nitrogen and oxygen atoms in total. The number of rotatable bonds is 8. The number of nitrogens with one attached hydrogen (secondary N) is 1. The second-order valence-corrected chi connectivity index (χ2v) is 9.05. The van der Waals surface area contributed by atoms with Crippen LogP contribution in [0, 0.1) is 11.8 Å². The molecule has 2 aromatic rings. The van der Waals surface area contributed by atoms with Gasteiger partial charge in [0.25, 0.3) is 0 Å². The molecule has 4 atom stereocenters. The van der Waals surface area contributed by atoms with E-state index in [1.165, 1.54) is 14.2 Å². The smallest absolute Gasteiger partial charge is 0.310 e. The van der Waals surface area contributed by atoms with Gasteiger partial charge in [0.2, 0.25) is 12.5 Å². The average molecular weight is 485 g/mol. The predicted octanol–water partition coefficient (Wildman–Crippen LogP) is 3.00. The van der Waals surface area contributed by atoms with Crippen molar-refractivity contribution in [3.05, 3.63) is 41.0 Å². The monoisotopic (exact) mass is 484 g/mol. The molecule has 2 heterocycles. The van der Waals surface area contributed by atoms with Crippen LogP contribution in [-0.2, 0) is 9.53 Å². The zero-order chi connectivity index (χ0) is 24.7. The van der Waals surface area contributed by atoms with Gasteiger partial charge in [-0.05, 0) is 54.0 Å². The summed E-state index contributed by atoms with van der Waals surface area (Å²) in [5.41, 5.74) is 2.81. The third kappa shape index (κ3) is 3.92. The molecule has 1 aliphatic carbocycles. The fourth-order valence-corrected chi connectivity index (χ4v) is 5.59. The van der Waals surface area contributed by atoms with Gasteiger partial charge in [-0.15, -0.1) is 0 Å². The third-order valence-corrected chi connectivity index (χ3v) is 7.48. The van der Waals surface area contributed by atoms with E-state index >= 15 is 0 Å². The summed E-state index contributed by atoms with van der Waals surface area (Å²) >= 11 is 0. The van der Waals surface area contributed by atoms with E-state index in [1.54, 1.807) is 12.1 Å². The molecular weight excluding hydrogens is 452 g/mol. The van der Waals surface area contributed by atoms with Crippen molar-refractivity contribution in [3.8, 4) is 28.7 Å². The first-order valence-electron chi connectivity index (χ1n) is 12.0. The van der Waals surface area contributed by atoms with Crippen LogP contribution in [-0.4, -0.2) is 63.4 Å². The minimum Gasteiger partial charge on any atom is -0.502 e. The lowest BCUT2D eigenvalue weighted by Crippen LogP contribution is -2.44. The zero-order valence-corrected chi connectivity index (χ0v) is 20.5. The second kappa shape index (κ2) is 9.47. The van der Waals surface area contributed by atoms with Crippen LogP contribution in [0.1, 0.15) is 42.5 Å². The van der Waals surface area contributed by atoms with Gasteiger partial charge in [0.15, 0.2) is 23.0 Å². The van der Waals surface area contributed by atoms with Crippen LogP contribution < -0.4 is 24.3 Å². The number of phenolic OH excluding ortho intramolecular Hbond substituents is 1. The first-order valence-corrected chi connectivity index (χ1v) is 12.0. The number of fused-ring (bicyclic) bond motifs is 3. The van der Waals surface area contributed by atoms with Gasteiger partial charge in [-0.1, -0.05) is 13.8 Å². The molecule has 0 saturated carbocycles. The fourth-order valence-electron chi connectivity index (χ4n) is 5.59. The lowest BCUT2D eigenvalue weighted by atomic mass is 9.65. The lowest BCUT2D eigenvalue weighted by molar-refractivity contribution is -0.141. The highest BCUT2D eigenvalue weighted by molar-refractivity contribution is 5.79. The SMILES string of the molecule is CCN(CC)CNC1c2cc3c(cc2C(c2cc(OC)c(O)c(OC)c2)C2C(=O)OCC12)OCO3. The first-order chi connectivity index (χ1) is 17.0. The van der Waals surface area contributed by atoms with Crippen molar-refractivity contribution in [3.63, 3.8) is 0 Å². The Hall–Kier alpha value is -3.17. The summed E-state index contributed by atoms with van der Waals surface area (Å²) in [6.07, 6.45) is 0. The molecule has 9 heteroatoms. The maximum Gasteiger partial charge on any atom is 0.310 e. The Morgan fingerprint density at radius 1 is 1.00 bits per heavy atom. The van der Waals surface area contributed by atoms with Gasteiger partial charge < -0.3 is 28.8 Å². The van der Waals surface area contributed by atoms with Crippen LogP contribution in [0.15, 0.2) is 24.3 Å². The molecule has 2 aromatic carbocycles. The molecule has 1 fully saturated rings. The number of hydrogen-bond acceptors (Lipinski definition) is 9. The predicted molar refractivity (Wildman–Crippen MR) is 127 cm³/mol. The van der Waals surface area contributed by atoms with Crippen LogP contribution >= 0.6 is 0 Å². The summed E-state index contributed by atoms with van der Waals surface area (Å²) in [7, 11) is 2.98. The van der Waals surface area contributed by atoms with Crippen LogP contribution in [0.3, 0.4) is 0 Å². The van der Waals surface area contributed by atoms with Crippen LogP contribution in [0.5, 0.6) is 28.7 Å². The lowest BCUT2D eigenvalue weighted by Gasteiger charge is -2.40. The molecule has 0 aromatic heterocycles. The Balaban J connectivity index is 1.67. The summed E-state index contributed by atoms with van der Waals surface area (Å²) in [6.45, 7) is 7.28. The Bertz CT molecular complexity index is 1090. The Morgan fingerprint density at radius 3 is 2.23 bits per heavy atom. The number of cyclic esters (lactones) is 1. The highest BCUT2D eigenvalue weighted by Gasteiger charge is 2.52. The number of aromatic hydroxyl groups is 1. The van der Waals surface area contributed by atoms with E-state index in [1.807, 2.05) is 12.1 Å². The highest BCUT2D eigenvalue weighted by Crippen LogP contribution is 2.55. The van der Waals surface area contributed by atoms with Crippen molar-refractivity contribution in [2.75, 3.05) is 47.4 Å². The summed E-state index contributed by atoms with van der Waals surface area (Å²) in [5.74, 6) is 0.763. The molecule has 1 saturated heterocycles. The van der Waals surface area contributed by atoms with Crippen LogP contribution in [0.25, 0.3) is 0 Å². The minimum atomic E-state index is -0.420. The average Bonchev–Trinajstić information content (AvgIpc) is 3.49. The third-order valence-electron chi connectivity index (χ3n) is 7.48. The number of carbonyl (C=O) groups excluding carboxylic acids is 1. The Morgan fingerprint density at radius 2 is 1.63 bits per heavy atom. The molecule has 2 N–H and O–H groups in total. The zero-order valence-electron chi connectivity index (χ0n) is 20.5. The maximum absolute atomic E-state index is 13.2. The van der Waals surface area contributed by atoms with Crippen LogP contribution in [0.2, 0.25) is 0 Å². The highest BCUT2D eigenvalue weighted by atomic mass is 16.7. The number of methoxy groups -OCH3 is 2. The number of nitrogens with zero attached hydrogens (tertiary/aromatic N) is 1. The van der Waals surface area contributed by atoms with Gasteiger partial charge in [-0.2, -0.15) is 0 Å². The van der Waals surface area contributed by atoms with E-state index < -0.39 is 5.92 Å². The Labute approximate surface area is 204 Å². The molecule has 0 amide bonds. The summed E-state index contributed by atoms with van der Waals surface area (Å²) < 4.78 is 27.9. The van der Waals surface area contributed by atoms with Crippen molar-refractivity contribution in [1.29, 1.82) is 0 Å². The van der Waals surface area contributed by atoms with E-state index in [2.05, 4.69) is 24.1 Å². The molecule has 3 aliphatic rings. The molecule has 0 spiro atoms. The number of hydrogen-bond donors (Lipinski definition) is 2. The van der Waals surface area contributed by atoms with Crippen LogP contribution in [0.4, 0.5) is 0 Å². The van der Waals surface area contributed by atoms with Gasteiger partial charge in [-0.3, -0.25) is 15.0 Å². The fraction of sp³-hybridized carbons (Fsp3) is 0.500. The van der Waals surface area contributed by atoms with E-state index in [0.717, 1.165) is 29.8 Å². The largest absolute Gasteiger partial charge is 0.502 e. The normalized spacial score (nSPS) is 24.2. The van der Waals surface area contributed by atoms with Crippen molar-refractivity contribution in [2.45, 2.75) is 25.8 Å². The summed E-state index contributed by atoms with van der Waals surface area (Å²) in [4.78, 5) is 15.5. The molecular formula is C26H32N2O7. The number of ether oxygens (including phenoxy) is 5. The topological polar surface area (TPSA) is 98.7 Å². The second-order valence-electron chi connectivity index (χ2n) is 9.05. The van der Waals surface area contributed by atoms with E-state index in [4.69, 9.17) is 23.7 Å². The number of benzene rings is 2. The maximum atomic E-state index is 13.2. The molecule has 4 unspecified atom stereocenters. The van der Waals surface area contributed by atoms with Gasteiger partial charge in [-0.25, -0.2) is 0 Å². The first kappa shape index (κ1) is 23.6. The van der Waals surface area contributed by atoms with Crippen molar-refractivity contribution >= 4 is 5.97 Å². The minimum absolute atomic E-state index is 0.0789. The summed E-state index contributed by atoms with van der Waals surface area (Å²) in [5, 5.41) is 14.2. The molecule has 35 heavy (non-hydrogen) atoms. The Kier molecular flexibility index (Phi) is 6.37. The number of esters is 1. The van der Waals surface area contributed by atoms with Crippen molar-refractivity contribution < 1.29 is 33.6 Å². The molecule has 0 bridgehead atoms. The van der Waals surface area contributed by atoms with E-state index in [9.17, 15) is 9.90 Å². The molecule has 5 rings (SSSR count). The van der Waals surface area contributed by atoms with Gasteiger partial charge in [0.05, 0.1) is 26.7 Å². The quantitative estimate of drug-likeness (QED) is 0.433. The van der Waals surface area contributed by atoms with Crippen molar-refractivity contribution in [2.24, 2.45) is 11.8 Å².